The fourth-order valence-corrected chi connectivity index (χ4v) is 2.93. The Morgan fingerprint density at radius 3 is 2.59 bits per heavy atom. The minimum absolute atomic E-state index is 0.434. The van der Waals surface area contributed by atoms with Gasteiger partial charge < -0.3 is 19.8 Å². The van der Waals surface area contributed by atoms with Crippen LogP contribution < -0.4 is 10.1 Å². The Labute approximate surface area is 169 Å². The molecule has 150 valence electrons. The Bertz CT molecular complexity index is 1040. The molecule has 0 saturated carbocycles. The van der Waals surface area contributed by atoms with Gasteiger partial charge in [0.15, 0.2) is 0 Å². The van der Waals surface area contributed by atoms with Crippen molar-refractivity contribution in [1.82, 2.24) is 15.3 Å². The summed E-state index contributed by atoms with van der Waals surface area (Å²) in [7, 11) is 1.62. The summed E-state index contributed by atoms with van der Waals surface area (Å²) >= 11 is 0. The number of methoxy groups -OCH3 is 1. The van der Waals surface area contributed by atoms with E-state index in [1.54, 1.807) is 25.3 Å². The Morgan fingerprint density at radius 1 is 1.24 bits per heavy atom. The molecule has 0 spiro atoms. The first kappa shape index (κ1) is 20.2. The smallest absolute Gasteiger partial charge is 0.408 e. The quantitative estimate of drug-likeness (QED) is 0.676. The summed E-state index contributed by atoms with van der Waals surface area (Å²) in [6.45, 7) is 5.45. The highest BCUT2D eigenvalue weighted by molar-refractivity contribution is 5.77. The molecule has 1 amide bonds. The average molecular weight is 392 g/mol. The van der Waals surface area contributed by atoms with Gasteiger partial charge in [0.05, 0.1) is 35.8 Å². The van der Waals surface area contributed by atoms with Gasteiger partial charge in [-0.3, -0.25) is 0 Å². The third kappa shape index (κ3) is 5.26. The summed E-state index contributed by atoms with van der Waals surface area (Å²) in [4.78, 5) is 20.2. The molecule has 0 aliphatic carbocycles. The molecule has 7 heteroatoms. The van der Waals surface area contributed by atoms with Crippen molar-refractivity contribution in [2.75, 3.05) is 7.11 Å². The van der Waals surface area contributed by atoms with E-state index in [2.05, 4.69) is 21.4 Å². The molecule has 0 saturated heterocycles. The second kappa shape index (κ2) is 8.23. The molecule has 0 unspecified atom stereocenters. The summed E-state index contributed by atoms with van der Waals surface area (Å²) in [6, 6.07) is 14.6. The number of H-pyrrole nitrogens is 1. The standard InChI is InChI=1S/C22H24N4O3/c1-22(2,3)29-21(27)26-19(11-14-5-8-16(28-4)9-6-14)20-24-17-10-7-15(13-23)12-18(17)25-20/h5-10,12,19H,11H2,1-4H3,(H,24,25)(H,26,27)/t19-/m1/s1. The number of nitriles is 1. The van der Waals surface area contributed by atoms with Gasteiger partial charge >= 0.3 is 6.09 Å². The minimum atomic E-state index is -0.607. The number of nitrogens with one attached hydrogen (secondary N) is 2. The summed E-state index contributed by atoms with van der Waals surface area (Å²) in [5.41, 5.74) is 2.41. The number of alkyl carbamates (subject to hydrolysis) is 1. The molecular weight excluding hydrogens is 368 g/mol. The van der Waals surface area contributed by atoms with Gasteiger partial charge in [0.2, 0.25) is 0 Å². The third-order valence-corrected chi connectivity index (χ3v) is 4.25. The number of amides is 1. The number of hydrogen-bond acceptors (Lipinski definition) is 5. The molecule has 3 rings (SSSR count). The topological polar surface area (TPSA) is 100 Å². The molecule has 7 nitrogen and oxygen atoms in total. The number of carbonyl (C=O) groups excluding carboxylic acids is 1. The molecule has 0 aliphatic heterocycles. The predicted molar refractivity (Wildman–Crippen MR) is 110 cm³/mol. The predicted octanol–water partition coefficient (Wildman–Crippen LogP) is 4.25. The molecule has 0 aliphatic rings. The summed E-state index contributed by atoms with van der Waals surface area (Å²) < 4.78 is 10.6. The maximum absolute atomic E-state index is 12.4. The first-order valence-corrected chi connectivity index (χ1v) is 9.29. The van der Waals surface area contributed by atoms with Crippen LogP contribution in [0.2, 0.25) is 0 Å². The second-order valence-corrected chi connectivity index (χ2v) is 7.72. The van der Waals surface area contributed by atoms with E-state index in [0.29, 0.717) is 17.8 Å². The van der Waals surface area contributed by atoms with E-state index in [9.17, 15) is 4.79 Å². The fourth-order valence-electron chi connectivity index (χ4n) is 2.93. The van der Waals surface area contributed by atoms with Gasteiger partial charge in [0.1, 0.15) is 17.2 Å². The zero-order valence-electron chi connectivity index (χ0n) is 16.9. The molecule has 1 heterocycles. The van der Waals surface area contributed by atoms with Crippen LogP contribution in [0.4, 0.5) is 4.79 Å². The Morgan fingerprint density at radius 2 is 1.97 bits per heavy atom. The monoisotopic (exact) mass is 392 g/mol. The van der Waals surface area contributed by atoms with E-state index in [0.717, 1.165) is 22.3 Å². The molecule has 0 bridgehead atoms. The van der Waals surface area contributed by atoms with Gasteiger partial charge in [-0.25, -0.2) is 9.78 Å². The molecule has 2 N–H and O–H groups in total. The van der Waals surface area contributed by atoms with Crippen LogP contribution in [0.5, 0.6) is 5.75 Å². The number of aromatic amines is 1. The molecule has 0 radical (unpaired) electrons. The van der Waals surface area contributed by atoms with Crippen LogP contribution in [0.15, 0.2) is 42.5 Å². The lowest BCUT2D eigenvalue weighted by Gasteiger charge is -2.23. The zero-order valence-corrected chi connectivity index (χ0v) is 16.9. The number of hydrogen-bond donors (Lipinski definition) is 2. The highest BCUT2D eigenvalue weighted by Gasteiger charge is 2.23. The molecule has 0 fully saturated rings. The van der Waals surface area contributed by atoms with Crippen LogP contribution in [0, 0.1) is 11.3 Å². The van der Waals surface area contributed by atoms with E-state index in [1.165, 1.54) is 0 Å². The molecular formula is C22H24N4O3. The molecule has 2 aromatic carbocycles. The second-order valence-electron chi connectivity index (χ2n) is 7.72. The molecule has 3 aromatic rings. The SMILES string of the molecule is COc1ccc(C[C@@H](NC(=O)OC(C)(C)C)c2nc3ccc(C#N)cc3[nH]2)cc1. The highest BCUT2D eigenvalue weighted by atomic mass is 16.6. The lowest BCUT2D eigenvalue weighted by molar-refractivity contribution is 0.0501. The van der Waals surface area contributed by atoms with Crippen LogP contribution in [-0.4, -0.2) is 28.8 Å². The Balaban J connectivity index is 1.90. The van der Waals surface area contributed by atoms with E-state index in [4.69, 9.17) is 14.7 Å². The zero-order chi connectivity index (χ0) is 21.0. The first-order chi connectivity index (χ1) is 13.8. The van der Waals surface area contributed by atoms with Crippen molar-refractivity contribution in [3.8, 4) is 11.8 Å². The van der Waals surface area contributed by atoms with Crippen LogP contribution in [-0.2, 0) is 11.2 Å². The molecule has 1 atom stereocenters. The maximum Gasteiger partial charge on any atom is 0.408 e. The van der Waals surface area contributed by atoms with Gasteiger partial charge in [-0.2, -0.15) is 5.26 Å². The number of fused-ring (bicyclic) bond motifs is 1. The van der Waals surface area contributed by atoms with Crippen molar-refractivity contribution in [3.05, 3.63) is 59.4 Å². The van der Waals surface area contributed by atoms with Crippen molar-refractivity contribution in [3.63, 3.8) is 0 Å². The van der Waals surface area contributed by atoms with Gasteiger partial charge in [0, 0.05) is 6.42 Å². The average Bonchev–Trinajstić information content (AvgIpc) is 3.09. The number of nitrogens with zero attached hydrogens (tertiary/aromatic N) is 2. The normalized spacial score (nSPS) is 12.2. The minimum Gasteiger partial charge on any atom is -0.497 e. The fraction of sp³-hybridized carbons (Fsp3) is 0.318. The van der Waals surface area contributed by atoms with Crippen LogP contribution in [0.1, 0.15) is 43.8 Å². The van der Waals surface area contributed by atoms with Crippen molar-refractivity contribution in [2.45, 2.75) is 38.8 Å². The number of aromatic nitrogens is 2. The number of rotatable bonds is 5. The maximum atomic E-state index is 12.4. The summed E-state index contributed by atoms with van der Waals surface area (Å²) in [6.07, 6.45) is -0.0112. The van der Waals surface area contributed by atoms with Crippen LogP contribution >= 0.6 is 0 Å². The van der Waals surface area contributed by atoms with E-state index in [1.807, 2.05) is 45.0 Å². The van der Waals surface area contributed by atoms with Gasteiger partial charge in [0.25, 0.3) is 0 Å². The van der Waals surface area contributed by atoms with Gasteiger partial charge in [-0.1, -0.05) is 12.1 Å². The lowest BCUT2D eigenvalue weighted by atomic mass is 10.1. The molecule has 29 heavy (non-hydrogen) atoms. The number of carbonyl (C=O) groups is 1. The Kier molecular flexibility index (Phi) is 5.74. The molecule has 1 aromatic heterocycles. The first-order valence-electron chi connectivity index (χ1n) is 9.29. The Hall–Kier alpha value is -3.53. The third-order valence-electron chi connectivity index (χ3n) is 4.25. The van der Waals surface area contributed by atoms with E-state index in [-0.39, 0.29) is 0 Å². The van der Waals surface area contributed by atoms with E-state index >= 15 is 0 Å². The van der Waals surface area contributed by atoms with Crippen molar-refractivity contribution in [2.24, 2.45) is 0 Å². The van der Waals surface area contributed by atoms with Crippen LogP contribution in [0.25, 0.3) is 11.0 Å². The largest absolute Gasteiger partial charge is 0.497 e. The van der Waals surface area contributed by atoms with Gasteiger partial charge in [-0.05, 0) is 56.7 Å². The van der Waals surface area contributed by atoms with Crippen LogP contribution in [0.3, 0.4) is 0 Å². The van der Waals surface area contributed by atoms with Crippen molar-refractivity contribution >= 4 is 17.1 Å². The summed E-state index contributed by atoms with van der Waals surface area (Å²) in [5.74, 6) is 1.36. The lowest BCUT2D eigenvalue weighted by Crippen LogP contribution is -2.36. The van der Waals surface area contributed by atoms with E-state index < -0.39 is 17.7 Å². The van der Waals surface area contributed by atoms with Crippen molar-refractivity contribution in [1.29, 1.82) is 5.26 Å². The summed E-state index contributed by atoms with van der Waals surface area (Å²) in [5, 5.41) is 12.0. The number of benzene rings is 2. The number of imidazole rings is 1. The highest BCUT2D eigenvalue weighted by Crippen LogP contribution is 2.22. The number of ether oxygens (including phenoxy) is 2. The van der Waals surface area contributed by atoms with Gasteiger partial charge in [-0.15, -0.1) is 0 Å². The van der Waals surface area contributed by atoms with Crippen molar-refractivity contribution < 1.29 is 14.3 Å².